The monoisotopic (exact) mass is 282 g/mol. The molecule has 20 heavy (non-hydrogen) atoms. The van der Waals surface area contributed by atoms with Gasteiger partial charge in [-0.25, -0.2) is 8.78 Å². The first-order chi connectivity index (χ1) is 9.27. The summed E-state index contributed by atoms with van der Waals surface area (Å²) < 4.78 is 27.0. The van der Waals surface area contributed by atoms with Gasteiger partial charge in [-0.1, -0.05) is 20.8 Å². The molecular weight excluding hydrogens is 258 g/mol. The number of rotatable bonds is 2. The van der Waals surface area contributed by atoms with E-state index in [-0.39, 0.29) is 17.0 Å². The van der Waals surface area contributed by atoms with Crippen molar-refractivity contribution in [1.29, 1.82) is 0 Å². The van der Waals surface area contributed by atoms with E-state index in [0.717, 1.165) is 19.2 Å². The number of nitrogens with one attached hydrogen (secondary N) is 1. The van der Waals surface area contributed by atoms with Gasteiger partial charge in [-0.05, 0) is 30.5 Å². The minimum absolute atomic E-state index is 0.152. The van der Waals surface area contributed by atoms with Crippen LogP contribution in [-0.2, 0) is 6.54 Å². The second-order valence-electron chi connectivity index (χ2n) is 6.84. The molecular formula is C16H24F2N2. The molecule has 0 aliphatic carbocycles. The lowest BCUT2D eigenvalue weighted by Gasteiger charge is -2.44. The van der Waals surface area contributed by atoms with Crippen molar-refractivity contribution in [2.75, 3.05) is 13.1 Å². The summed E-state index contributed by atoms with van der Waals surface area (Å²) in [6.07, 6.45) is 0. The van der Waals surface area contributed by atoms with E-state index in [0.29, 0.717) is 24.2 Å². The van der Waals surface area contributed by atoms with Gasteiger partial charge in [0.05, 0.1) is 0 Å². The fourth-order valence-corrected chi connectivity index (χ4v) is 2.60. The molecule has 2 unspecified atom stereocenters. The lowest BCUT2D eigenvalue weighted by atomic mass is 9.84. The Labute approximate surface area is 120 Å². The van der Waals surface area contributed by atoms with Crippen molar-refractivity contribution in [1.82, 2.24) is 10.2 Å². The highest BCUT2D eigenvalue weighted by Gasteiger charge is 2.32. The first kappa shape index (κ1) is 15.4. The van der Waals surface area contributed by atoms with E-state index in [1.807, 2.05) is 0 Å². The van der Waals surface area contributed by atoms with Crippen LogP contribution in [0.1, 0.15) is 33.3 Å². The summed E-state index contributed by atoms with van der Waals surface area (Å²) >= 11 is 0. The van der Waals surface area contributed by atoms with Crippen molar-refractivity contribution in [2.24, 2.45) is 5.41 Å². The third-order valence-electron chi connectivity index (χ3n) is 4.13. The number of halogens is 2. The van der Waals surface area contributed by atoms with Crippen LogP contribution < -0.4 is 5.32 Å². The van der Waals surface area contributed by atoms with Crippen molar-refractivity contribution in [3.63, 3.8) is 0 Å². The van der Waals surface area contributed by atoms with Crippen LogP contribution in [0, 0.1) is 17.0 Å². The lowest BCUT2D eigenvalue weighted by Crippen LogP contribution is -2.59. The summed E-state index contributed by atoms with van der Waals surface area (Å²) in [5.41, 5.74) is 0.588. The van der Waals surface area contributed by atoms with E-state index < -0.39 is 0 Å². The van der Waals surface area contributed by atoms with Crippen LogP contribution >= 0.6 is 0 Å². The lowest BCUT2D eigenvalue weighted by molar-refractivity contribution is 0.0867. The van der Waals surface area contributed by atoms with Crippen molar-refractivity contribution in [2.45, 2.75) is 46.3 Å². The van der Waals surface area contributed by atoms with Gasteiger partial charge < -0.3 is 5.32 Å². The number of benzene rings is 1. The van der Waals surface area contributed by atoms with Gasteiger partial charge in [0.2, 0.25) is 0 Å². The highest BCUT2D eigenvalue weighted by molar-refractivity contribution is 5.19. The third kappa shape index (κ3) is 3.55. The fourth-order valence-electron chi connectivity index (χ4n) is 2.60. The van der Waals surface area contributed by atoms with Crippen molar-refractivity contribution >= 4 is 0 Å². The van der Waals surface area contributed by atoms with Crippen LogP contribution in [0.15, 0.2) is 18.2 Å². The molecule has 1 fully saturated rings. The van der Waals surface area contributed by atoms with Gasteiger partial charge in [-0.3, -0.25) is 4.90 Å². The van der Waals surface area contributed by atoms with Crippen molar-refractivity contribution in [3.05, 3.63) is 35.4 Å². The maximum Gasteiger partial charge on any atom is 0.127 e. The summed E-state index contributed by atoms with van der Waals surface area (Å²) in [6, 6.07) is 4.35. The third-order valence-corrected chi connectivity index (χ3v) is 4.13. The van der Waals surface area contributed by atoms with Crippen LogP contribution in [0.5, 0.6) is 0 Å². The van der Waals surface area contributed by atoms with Crippen molar-refractivity contribution < 1.29 is 8.78 Å². The summed E-state index contributed by atoms with van der Waals surface area (Å²) in [4.78, 5) is 2.23. The van der Waals surface area contributed by atoms with Crippen LogP contribution in [0.2, 0.25) is 0 Å². The molecule has 0 bridgehead atoms. The van der Waals surface area contributed by atoms with Crippen LogP contribution in [-0.4, -0.2) is 30.1 Å². The van der Waals surface area contributed by atoms with Gasteiger partial charge in [0.15, 0.2) is 0 Å². The van der Waals surface area contributed by atoms with Crippen molar-refractivity contribution in [3.8, 4) is 0 Å². The Bertz CT molecular complexity index is 468. The first-order valence-electron chi connectivity index (χ1n) is 7.18. The minimum Gasteiger partial charge on any atom is -0.311 e. The Morgan fingerprint density at radius 2 is 2.00 bits per heavy atom. The summed E-state index contributed by atoms with van der Waals surface area (Å²) in [6.45, 7) is 10.9. The molecule has 1 aliphatic heterocycles. The number of piperazine rings is 1. The Morgan fingerprint density at radius 3 is 2.65 bits per heavy atom. The molecule has 0 spiro atoms. The van der Waals surface area contributed by atoms with Gasteiger partial charge in [0, 0.05) is 37.3 Å². The smallest absolute Gasteiger partial charge is 0.127 e. The topological polar surface area (TPSA) is 15.3 Å². The highest BCUT2D eigenvalue weighted by Crippen LogP contribution is 2.25. The Balaban J connectivity index is 2.12. The minimum atomic E-state index is -0.378. The molecule has 1 aromatic carbocycles. The number of hydrogen-bond donors (Lipinski definition) is 1. The van der Waals surface area contributed by atoms with Gasteiger partial charge in [-0.15, -0.1) is 0 Å². The van der Waals surface area contributed by atoms with Crippen LogP contribution in [0.4, 0.5) is 8.78 Å². The number of nitrogens with zero attached hydrogens (tertiary/aromatic N) is 1. The Hall–Kier alpha value is -1.00. The molecule has 2 atom stereocenters. The molecule has 2 rings (SSSR count). The summed E-state index contributed by atoms with van der Waals surface area (Å²) in [7, 11) is 0. The molecule has 112 valence electrons. The maximum atomic E-state index is 13.8. The molecule has 1 heterocycles. The molecule has 0 amide bonds. The molecule has 1 aromatic rings. The van der Waals surface area contributed by atoms with E-state index >= 15 is 0 Å². The normalized spacial score (nSPS) is 24.9. The summed E-state index contributed by atoms with van der Waals surface area (Å²) in [5.74, 6) is -0.707. The SMILES string of the molecule is CC1CNC(C(C)(C)C)CN1Cc1cc(F)ccc1F. The molecule has 4 heteroatoms. The largest absolute Gasteiger partial charge is 0.311 e. The molecule has 0 saturated carbocycles. The van der Waals surface area contributed by atoms with Gasteiger partial charge >= 0.3 is 0 Å². The van der Waals surface area contributed by atoms with E-state index in [1.165, 1.54) is 12.1 Å². The highest BCUT2D eigenvalue weighted by atomic mass is 19.1. The first-order valence-corrected chi connectivity index (χ1v) is 7.18. The molecule has 0 radical (unpaired) electrons. The van der Waals surface area contributed by atoms with E-state index in [9.17, 15) is 8.78 Å². The zero-order valence-electron chi connectivity index (χ0n) is 12.7. The molecule has 1 aliphatic rings. The maximum absolute atomic E-state index is 13.8. The van der Waals surface area contributed by atoms with E-state index in [1.54, 1.807) is 0 Å². The molecule has 1 saturated heterocycles. The number of hydrogen-bond acceptors (Lipinski definition) is 2. The van der Waals surface area contributed by atoms with Crippen LogP contribution in [0.3, 0.4) is 0 Å². The second-order valence-corrected chi connectivity index (χ2v) is 6.84. The quantitative estimate of drug-likeness (QED) is 0.896. The van der Waals surface area contributed by atoms with Gasteiger partial charge in [0.1, 0.15) is 11.6 Å². The predicted octanol–water partition coefficient (Wildman–Crippen LogP) is 3.17. The zero-order valence-corrected chi connectivity index (χ0v) is 12.7. The average molecular weight is 282 g/mol. The van der Waals surface area contributed by atoms with Gasteiger partial charge in [-0.2, -0.15) is 0 Å². The van der Waals surface area contributed by atoms with Gasteiger partial charge in [0.25, 0.3) is 0 Å². The van der Waals surface area contributed by atoms with E-state index in [4.69, 9.17) is 0 Å². The second kappa shape index (κ2) is 5.78. The Morgan fingerprint density at radius 1 is 1.30 bits per heavy atom. The predicted molar refractivity (Wildman–Crippen MR) is 77.5 cm³/mol. The average Bonchev–Trinajstić information content (AvgIpc) is 2.35. The Kier molecular flexibility index (Phi) is 4.45. The molecule has 0 aromatic heterocycles. The fraction of sp³-hybridized carbons (Fsp3) is 0.625. The summed E-state index contributed by atoms with van der Waals surface area (Å²) in [5, 5.41) is 3.54. The zero-order chi connectivity index (χ0) is 14.9. The molecule has 2 nitrogen and oxygen atoms in total. The van der Waals surface area contributed by atoms with Crippen LogP contribution in [0.25, 0.3) is 0 Å². The standard InChI is InChI=1S/C16H24F2N2/c1-11-8-19-15(16(2,3)4)10-20(11)9-12-7-13(17)5-6-14(12)18/h5-7,11,15,19H,8-10H2,1-4H3. The van der Waals surface area contributed by atoms with E-state index in [2.05, 4.69) is 37.9 Å². The molecule has 1 N–H and O–H groups in total.